The van der Waals surface area contributed by atoms with Crippen LogP contribution in [0.5, 0.6) is 0 Å². The maximum absolute atomic E-state index is 6.51. The van der Waals surface area contributed by atoms with Crippen LogP contribution in [0.25, 0.3) is 0 Å². The minimum atomic E-state index is -1.94. The molecule has 0 aromatic rings. The maximum atomic E-state index is 6.51. The van der Waals surface area contributed by atoms with Gasteiger partial charge in [0, 0.05) is 0 Å². The number of hydrogen-bond acceptors (Lipinski definition) is 2. The molecular weight excluding hydrogens is 296 g/mol. The van der Waals surface area contributed by atoms with Gasteiger partial charge in [-0.25, -0.2) is 0 Å². The van der Waals surface area contributed by atoms with Gasteiger partial charge in [-0.05, 0) is 51.9 Å². The Bertz CT molecular complexity index is 260. The van der Waals surface area contributed by atoms with Crippen LogP contribution in [0.1, 0.15) is 38.5 Å². The molecule has 1 radical (unpaired) electrons. The van der Waals surface area contributed by atoms with Crippen LogP contribution < -0.4 is 0 Å². The zero-order valence-corrected chi connectivity index (χ0v) is 18.0. The Kier molecular flexibility index (Phi) is 9.13. The van der Waals surface area contributed by atoms with Crippen molar-refractivity contribution in [1.82, 2.24) is 0 Å². The molecule has 5 heteroatoms. The fourth-order valence-corrected chi connectivity index (χ4v) is 16.0. The van der Waals surface area contributed by atoms with E-state index in [1.54, 1.807) is 0 Å². The highest BCUT2D eigenvalue weighted by molar-refractivity contribution is 6.87. The van der Waals surface area contributed by atoms with E-state index in [-0.39, 0.29) is 0 Å². The average Bonchev–Trinajstić information content (AvgIpc) is 2.17. The predicted molar refractivity (Wildman–Crippen MR) is 98.3 cm³/mol. The summed E-state index contributed by atoms with van der Waals surface area (Å²) >= 11 is 0. The molecule has 0 rings (SSSR count). The minimum absolute atomic E-state index is 1.08. The maximum Gasteiger partial charge on any atom is 0.311 e. The van der Waals surface area contributed by atoms with Crippen molar-refractivity contribution in [2.75, 3.05) is 0 Å². The smallest absolute Gasteiger partial charge is 0.311 e. The predicted octanol–water partition coefficient (Wildman–Crippen LogP) is 5.94. The van der Waals surface area contributed by atoms with Crippen LogP contribution in [0.2, 0.25) is 51.9 Å². The van der Waals surface area contributed by atoms with Gasteiger partial charge >= 0.3 is 8.56 Å². The molecule has 0 aromatic carbocycles. The van der Waals surface area contributed by atoms with E-state index < -0.39 is 25.2 Å². The first-order valence-electron chi connectivity index (χ1n) is 8.17. The molecule has 0 saturated carbocycles. The zero-order chi connectivity index (χ0) is 15.9. The van der Waals surface area contributed by atoms with Gasteiger partial charge in [0.1, 0.15) is 0 Å². The van der Waals surface area contributed by atoms with Gasteiger partial charge in [0.15, 0.2) is 16.6 Å². The third-order valence-electron chi connectivity index (χ3n) is 3.10. The van der Waals surface area contributed by atoms with Crippen molar-refractivity contribution in [3.05, 3.63) is 6.92 Å². The molecule has 0 aliphatic carbocycles. The summed E-state index contributed by atoms with van der Waals surface area (Å²) in [6.07, 6.45) is 7.71. The van der Waals surface area contributed by atoms with Crippen molar-refractivity contribution in [1.29, 1.82) is 0 Å². The van der Waals surface area contributed by atoms with Gasteiger partial charge in [-0.1, -0.05) is 45.4 Å². The molecule has 0 aliphatic heterocycles. The van der Waals surface area contributed by atoms with Crippen LogP contribution in [0.3, 0.4) is 0 Å². The Morgan fingerprint density at radius 3 is 1.70 bits per heavy atom. The summed E-state index contributed by atoms with van der Waals surface area (Å²) in [5, 5.41) is 0. The van der Waals surface area contributed by atoms with Crippen LogP contribution in [-0.2, 0) is 8.23 Å². The zero-order valence-electron chi connectivity index (χ0n) is 15.0. The highest BCUT2D eigenvalue weighted by Crippen LogP contribution is 2.24. The quantitative estimate of drug-likeness (QED) is 0.344. The fourth-order valence-electron chi connectivity index (χ4n) is 2.73. The van der Waals surface area contributed by atoms with Gasteiger partial charge in [0.05, 0.1) is 0 Å². The minimum Gasteiger partial charge on any atom is -0.437 e. The molecule has 0 saturated heterocycles. The van der Waals surface area contributed by atoms with E-state index in [1.165, 1.54) is 38.1 Å². The van der Waals surface area contributed by atoms with Crippen molar-refractivity contribution >= 4 is 25.2 Å². The first-order valence-corrected chi connectivity index (χ1v) is 17.5. The summed E-state index contributed by atoms with van der Waals surface area (Å²) in [6, 6.07) is 1.27. The lowest BCUT2D eigenvalue weighted by Crippen LogP contribution is -2.51. The molecule has 0 aromatic heterocycles. The molecule has 0 spiro atoms. The Morgan fingerprint density at radius 1 is 0.700 bits per heavy atom. The normalized spacial score (nSPS) is 13.8. The highest BCUT2D eigenvalue weighted by Gasteiger charge is 2.37. The molecule has 0 atom stereocenters. The Labute approximate surface area is 131 Å². The lowest BCUT2D eigenvalue weighted by atomic mass is 10.1. The van der Waals surface area contributed by atoms with Crippen molar-refractivity contribution in [2.45, 2.75) is 90.4 Å². The fraction of sp³-hybridized carbons (Fsp3) is 0.933. The van der Waals surface area contributed by atoms with Crippen LogP contribution in [-0.4, -0.2) is 25.2 Å². The molecule has 20 heavy (non-hydrogen) atoms. The summed E-state index contributed by atoms with van der Waals surface area (Å²) in [5.41, 5.74) is 0. The van der Waals surface area contributed by atoms with Crippen molar-refractivity contribution in [3.63, 3.8) is 0 Å². The summed E-state index contributed by atoms with van der Waals surface area (Å²) in [4.78, 5) is 0. The van der Waals surface area contributed by atoms with Crippen molar-refractivity contribution in [2.24, 2.45) is 0 Å². The second-order valence-electron chi connectivity index (χ2n) is 7.85. The third kappa shape index (κ3) is 12.3. The van der Waals surface area contributed by atoms with Gasteiger partial charge in [-0.2, -0.15) is 0 Å². The first-order chi connectivity index (χ1) is 8.97. The van der Waals surface area contributed by atoms with Crippen molar-refractivity contribution < 1.29 is 8.23 Å². The van der Waals surface area contributed by atoms with Crippen LogP contribution in [0.4, 0.5) is 0 Å². The monoisotopic (exact) mass is 333 g/mol. The van der Waals surface area contributed by atoms with E-state index in [0.717, 1.165) is 6.42 Å². The summed E-state index contributed by atoms with van der Waals surface area (Å²) in [5.74, 6) is 0. The lowest BCUT2D eigenvalue weighted by molar-refractivity contribution is 0.390. The van der Waals surface area contributed by atoms with Gasteiger partial charge in [0.2, 0.25) is 0 Å². The topological polar surface area (TPSA) is 18.5 Å². The van der Waals surface area contributed by atoms with Crippen LogP contribution >= 0.6 is 0 Å². The molecule has 2 nitrogen and oxygen atoms in total. The van der Waals surface area contributed by atoms with Crippen LogP contribution in [0.15, 0.2) is 0 Å². The molecule has 0 heterocycles. The van der Waals surface area contributed by atoms with E-state index >= 15 is 0 Å². The highest BCUT2D eigenvalue weighted by atomic mass is 28.5. The van der Waals surface area contributed by atoms with Gasteiger partial charge in [-0.15, -0.1) is 0 Å². The molecule has 0 bridgehead atoms. The second kappa shape index (κ2) is 8.88. The third-order valence-corrected chi connectivity index (χ3v) is 13.3. The average molecular weight is 334 g/mol. The van der Waals surface area contributed by atoms with Gasteiger partial charge in [-0.3, -0.25) is 0 Å². The molecule has 121 valence electrons. The molecule has 0 fully saturated rings. The summed E-state index contributed by atoms with van der Waals surface area (Å²) in [6.45, 7) is 19.8. The second-order valence-corrected chi connectivity index (χ2v) is 20.5. The SMILES string of the molecule is [CH2]CCCCCCC[Si](C)(C)O[Si](C)(C)O[Si](C)(C)C. The number of hydrogen-bond donors (Lipinski definition) is 0. The molecule has 0 unspecified atom stereocenters. The molecular formula is C15H37O2Si3. The first kappa shape index (κ1) is 20.6. The van der Waals surface area contributed by atoms with E-state index in [9.17, 15) is 0 Å². The Hall–Kier alpha value is 0.571. The van der Waals surface area contributed by atoms with Gasteiger partial charge in [0.25, 0.3) is 0 Å². The largest absolute Gasteiger partial charge is 0.437 e. The number of unbranched alkanes of at least 4 members (excludes halogenated alkanes) is 5. The Morgan fingerprint density at radius 2 is 1.20 bits per heavy atom. The van der Waals surface area contributed by atoms with E-state index in [0.29, 0.717) is 0 Å². The summed E-state index contributed by atoms with van der Waals surface area (Å²) < 4.78 is 12.8. The van der Waals surface area contributed by atoms with E-state index in [1.807, 2.05) is 0 Å². The van der Waals surface area contributed by atoms with E-state index in [4.69, 9.17) is 8.23 Å². The molecule has 0 N–H and O–H groups in total. The summed E-state index contributed by atoms with van der Waals surface area (Å²) in [7, 11) is -4.99. The lowest BCUT2D eigenvalue weighted by Gasteiger charge is -2.37. The number of rotatable bonds is 11. The van der Waals surface area contributed by atoms with E-state index in [2.05, 4.69) is 52.8 Å². The van der Waals surface area contributed by atoms with Gasteiger partial charge < -0.3 is 8.23 Å². The molecule has 0 aliphatic rings. The Balaban J connectivity index is 4.04. The molecule has 0 amide bonds. The van der Waals surface area contributed by atoms with Crippen molar-refractivity contribution in [3.8, 4) is 0 Å². The van der Waals surface area contributed by atoms with Crippen LogP contribution in [0, 0.1) is 6.92 Å². The standard InChI is InChI=1S/C15H37O2Si3/c1-9-10-11-12-13-14-15-19(5,6)17-20(7,8)16-18(2,3)4/h1,9-15H2,2-8H3.